The first-order valence-corrected chi connectivity index (χ1v) is 11.7. The number of ketones is 2. The topological polar surface area (TPSA) is 86.7 Å². The summed E-state index contributed by atoms with van der Waals surface area (Å²) in [6, 6.07) is 7.71. The molecule has 0 spiro atoms. The number of aromatic carboxylic acids is 1. The van der Waals surface area contributed by atoms with Gasteiger partial charge in [0.1, 0.15) is 5.82 Å². The number of nitrogens with zero attached hydrogens (tertiary/aromatic N) is 1. The van der Waals surface area contributed by atoms with E-state index in [4.69, 9.17) is 0 Å². The van der Waals surface area contributed by atoms with Gasteiger partial charge in [0.25, 0.3) is 0 Å². The fourth-order valence-corrected chi connectivity index (χ4v) is 5.04. The van der Waals surface area contributed by atoms with Gasteiger partial charge in [-0.05, 0) is 59.9 Å². The third-order valence-corrected chi connectivity index (χ3v) is 6.94. The highest BCUT2D eigenvalue weighted by Gasteiger charge is 2.28. The summed E-state index contributed by atoms with van der Waals surface area (Å²) in [6.45, 7) is 0. The number of carbonyl (C=O) groups excluding carboxylic acids is 2. The van der Waals surface area contributed by atoms with Crippen molar-refractivity contribution in [1.29, 1.82) is 0 Å². The molecule has 0 radical (unpaired) electrons. The molecule has 0 aromatic heterocycles. The van der Waals surface area contributed by atoms with Gasteiger partial charge in [-0.1, -0.05) is 25.3 Å². The molecule has 34 heavy (non-hydrogen) atoms. The average molecular weight is 465 g/mol. The average Bonchev–Trinajstić information content (AvgIpc) is 2.83. The predicted octanol–water partition coefficient (Wildman–Crippen LogP) is 4.65. The van der Waals surface area contributed by atoms with Crippen molar-refractivity contribution in [2.75, 3.05) is 24.3 Å². The number of carbonyl (C=O) groups is 3. The van der Waals surface area contributed by atoms with E-state index in [0.29, 0.717) is 28.1 Å². The molecule has 0 atom stereocenters. The lowest BCUT2D eigenvalue weighted by Gasteiger charge is -2.34. The van der Waals surface area contributed by atoms with Crippen LogP contribution in [0.2, 0.25) is 0 Å². The van der Waals surface area contributed by atoms with Gasteiger partial charge >= 0.3 is 5.97 Å². The third-order valence-electron chi connectivity index (χ3n) is 6.94. The van der Waals surface area contributed by atoms with Gasteiger partial charge in [-0.3, -0.25) is 9.59 Å². The number of carboxylic acids is 1. The minimum absolute atomic E-state index is 0.0240. The Morgan fingerprint density at radius 2 is 1.88 bits per heavy atom. The molecule has 2 aliphatic rings. The minimum Gasteiger partial charge on any atom is -0.478 e. The molecule has 0 heterocycles. The van der Waals surface area contributed by atoms with Crippen LogP contribution < -0.4 is 10.2 Å². The smallest absolute Gasteiger partial charge is 0.335 e. The number of Topliss-reactive ketones (excluding diaryl/α,β-unsaturated/α-hetero) is 2. The lowest BCUT2D eigenvalue weighted by atomic mass is 9.86. The molecule has 1 fully saturated rings. The summed E-state index contributed by atoms with van der Waals surface area (Å²) in [5.74, 6) is -2.13. The number of hydrogen-bond donors (Lipinski definition) is 2. The molecule has 2 aliphatic carbocycles. The Morgan fingerprint density at radius 3 is 2.56 bits per heavy atom. The summed E-state index contributed by atoms with van der Waals surface area (Å²) in [6.07, 6.45) is 6.93. The van der Waals surface area contributed by atoms with Crippen molar-refractivity contribution in [3.63, 3.8) is 0 Å². The van der Waals surface area contributed by atoms with Gasteiger partial charge in [0.05, 0.1) is 11.1 Å². The Morgan fingerprint density at radius 1 is 1.15 bits per heavy atom. The summed E-state index contributed by atoms with van der Waals surface area (Å²) in [7, 11) is 3.60. The molecule has 1 saturated carbocycles. The largest absolute Gasteiger partial charge is 0.478 e. The van der Waals surface area contributed by atoms with E-state index in [1.165, 1.54) is 30.7 Å². The van der Waals surface area contributed by atoms with Crippen molar-refractivity contribution in [2.45, 2.75) is 51.0 Å². The van der Waals surface area contributed by atoms with Crippen molar-refractivity contribution < 1.29 is 23.9 Å². The van der Waals surface area contributed by atoms with Crippen molar-refractivity contribution in [3.05, 3.63) is 64.0 Å². The Bertz CT molecular complexity index is 1180. The van der Waals surface area contributed by atoms with Gasteiger partial charge in [-0.15, -0.1) is 0 Å². The van der Waals surface area contributed by atoms with Gasteiger partial charge in [0.2, 0.25) is 0 Å². The molecule has 0 saturated heterocycles. The fraction of sp³-hybridized carbons (Fsp3) is 0.370. The van der Waals surface area contributed by atoms with Crippen LogP contribution in [0.25, 0.3) is 6.08 Å². The van der Waals surface area contributed by atoms with E-state index in [1.807, 2.05) is 7.05 Å². The van der Waals surface area contributed by atoms with Crippen LogP contribution in [0.15, 0.2) is 35.9 Å². The molecule has 0 amide bonds. The van der Waals surface area contributed by atoms with E-state index >= 15 is 0 Å². The zero-order chi connectivity index (χ0) is 24.4. The maximum Gasteiger partial charge on any atom is 0.335 e. The highest BCUT2D eigenvalue weighted by molar-refractivity contribution is 6.25. The number of benzene rings is 2. The fourth-order valence-electron chi connectivity index (χ4n) is 5.04. The Balaban J connectivity index is 1.67. The molecule has 0 bridgehead atoms. The van der Waals surface area contributed by atoms with E-state index < -0.39 is 11.8 Å². The van der Waals surface area contributed by atoms with E-state index in [1.54, 1.807) is 19.2 Å². The first-order valence-electron chi connectivity index (χ1n) is 11.7. The van der Waals surface area contributed by atoms with Crippen LogP contribution in [0.1, 0.15) is 59.2 Å². The van der Waals surface area contributed by atoms with Crippen molar-refractivity contribution in [3.8, 4) is 0 Å². The zero-order valence-corrected chi connectivity index (χ0v) is 19.5. The van der Waals surface area contributed by atoms with Crippen LogP contribution in [-0.4, -0.2) is 42.8 Å². The van der Waals surface area contributed by atoms with Gasteiger partial charge in [0, 0.05) is 44.4 Å². The van der Waals surface area contributed by atoms with E-state index in [9.17, 15) is 23.9 Å². The molecular formula is C27H29FN2O4. The number of hydrogen-bond acceptors (Lipinski definition) is 5. The van der Waals surface area contributed by atoms with Crippen LogP contribution in [0.4, 0.5) is 15.8 Å². The SMILES string of the molecule is CNc1cc(F)cc2c1CC(=O)C(C(=O)Cc1ccc(C(=O)O)cc1N(C)C1CCCCC1)=C2. The molecule has 0 aliphatic heterocycles. The lowest BCUT2D eigenvalue weighted by molar-refractivity contribution is -0.120. The molecule has 0 unspecified atom stereocenters. The summed E-state index contributed by atoms with van der Waals surface area (Å²) in [5, 5.41) is 12.4. The molecule has 7 heteroatoms. The zero-order valence-electron chi connectivity index (χ0n) is 19.5. The molecule has 2 N–H and O–H groups in total. The normalized spacial score (nSPS) is 16.0. The van der Waals surface area contributed by atoms with E-state index in [2.05, 4.69) is 10.2 Å². The summed E-state index contributed by atoms with van der Waals surface area (Å²) in [5.41, 5.74) is 3.32. The predicted molar refractivity (Wildman–Crippen MR) is 130 cm³/mol. The second-order valence-electron chi connectivity index (χ2n) is 9.08. The van der Waals surface area contributed by atoms with E-state index in [-0.39, 0.29) is 41.6 Å². The summed E-state index contributed by atoms with van der Waals surface area (Å²) in [4.78, 5) is 39.8. The van der Waals surface area contributed by atoms with Crippen molar-refractivity contribution in [2.24, 2.45) is 0 Å². The minimum atomic E-state index is -1.03. The van der Waals surface area contributed by atoms with Crippen molar-refractivity contribution >= 4 is 35.0 Å². The number of anilines is 2. The summed E-state index contributed by atoms with van der Waals surface area (Å²) < 4.78 is 14.0. The monoisotopic (exact) mass is 464 g/mol. The molecule has 4 rings (SSSR count). The number of fused-ring (bicyclic) bond motifs is 1. The Hall–Kier alpha value is -3.48. The highest BCUT2D eigenvalue weighted by atomic mass is 19.1. The molecular weight excluding hydrogens is 435 g/mol. The summed E-state index contributed by atoms with van der Waals surface area (Å²) >= 11 is 0. The highest BCUT2D eigenvalue weighted by Crippen LogP contribution is 2.33. The number of rotatable bonds is 7. The quantitative estimate of drug-likeness (QED) is 0.580. The van der Waals surface area contributed by atoms with Crippen LogP contribution in [0.5, 0.6) is 0 Å². The van der Waals surface area contributed by atoms with Crippen molar-refractivity contribution in [1.82, 2.24) is 0 Å². The molecule has 178 valence electrons. The first kappa shape index (κ1) is 23.7. The lowest BCUT2D eigenvalue weighted by Crippen LogP contribution is -2.34. The molecule has 2 aromatic carbocycles. The number of halogens is 1. The van der Waals surface area contributed by atoms with Gasteiger partial charge in [-0.25, -0.2) is 9.18 Å². The first-order chi connectivity index (χ1) is 16.3. The second kappa shape index (κ2) is 9.79. The third kappa shape index (κ3) is 4.74. The second-order valence-corrected chi connectivity index (χ2v) is 9.08. The number of nitrogens with one attached hydrogen (secondary N) is 1. The molecule has 2 aromatic rings. The molecule has 6 nitrogen and oxygen atoms in total. The van der Waals surface area contributed by atoms with E-state index in [0.717, 1.165) is 25.7 Å². The Labute approximate surface area is 198 Å². The van der Waals surface area contributed by atoms with Crippen LogP contribution in [-0.2, 0) is 22.4 Å². The van der Waals surface area contributed by atoms with Gasteiger partial charge < -0.3 is 15.3 Å². The van der Waals surface area contributed by atoms with Gasteiger partial charge in [0.15, 0.2) is 11.6 Å². The maximum absolute atomic E-state index is 14.0. The van der Waals surface area contributed by atoms with Crippen LogP contribution in [0.3, 0.4) is 0 Å². The number of carboxylic acid groups (broad SMARTS) is 1. The van der Waals surface area contributed by atoms with Crippen LogP contribution >= 0.6 is 0 Å². The Kier molecular flexibility index (Phi) is 6.82. The maximum atomic E-state index is 14.0. The number of allylic oxidation sites excluding steroid dienone is 1. The standard InChI is InChI=1S/C27H29FN2O4/c1-29-23-14-19(28)10-18-11-22(26(32)15-21(18)23)25(31)13-16-8-9-17(27(33)34)12-24(16)30(2)20-6-4-3-5-7-20/h8-12,14,20,29H,3-7,13,15H2,1-2H3,(H,33,34). The van der Waals surface area contributed by atoms with Gasteiger partial charge in [-0.2, -0.15) is 0 Å². The van der Waals surface area contributed by atoms with Crippen LogP contribution in [0, 0.1) is 5.82 Å².